The summed E-state index contributed by atoms with van der Waals surface area (Å²) in [5.74, 6) is 0.647. The Kier molecular flexibility index (Phi) is 10.2. The monoisotopic (exact) mass is 534 g/mol. The van der Waals surface area contributed by atoms with E-state index in [0.29, 0.717) is 23.5 Å². The molecule has 0 radical (unpaired) electrons. The molecule has 5 nitrogen and oxygen atoms in total. The Morgan fingerprint density at radius 2 is 1.71 bits per heavy atom. The number of amides is 2. The van der Waals surface area contributed by atoms with Crippen LogP contribution in [0.15, 0.2) is 78.9 Å². The molecule has 0 heterocycles. The minimum Gasteiger partial charge on any atom is -0.497 e. The van der Waals surface area contributed by atoms with Gasteiger partial charge in [-0.3, -0.25) is 9.59 Å². The van der Waals surface area contributed by atoms with Crippen molar-refractivity contribution in [2.24, 2.45) is 0 Å². The van der Waals surface area contributed by atoms with Crippen LogP contribution in [0.25, 0.3) is 0 Å². The number of methoxy groups -OCH3 is 1. The first kappa shape index (κ1) is 27.7. The van der Waals surface area contributed by atoms with Crippen molar-refractivity contribution in [1.29, 1.82) is 0 Å². The van der Waals surface area contributed by atoms with Crippen molar-refractivity contribution in [1.82, 2.24) is 10.2 Å². The second-order valence-corrected chi connectivity index (χ2v) is 10.6. The fraction of sp³-hybridized carbons (Fsp3) is 0.355. The van der Waals surface area contributed by atoms with E-state index in [9.17, 15) is 14.0 Å². The van der Waals surface area contributed by atoms with Crippen molar-refractivity contribution in [2.45, 2.75) is 56.5 Å². The van der Waals surface area contributed by atoms with Crippen molar-refractivity contribution in [3.63, 3.8) is 0 Å². The molecular weight excluding hydrogens is 499 g/mol. The maximum atomic E-state index is 14.1. The van der Waals surface area contributed by atoms with Crippen LogP contribution in [0, 0.1) is 5.82 Å². The third-order valence-corrected chi connectivity index (χ3v) is 7.87. The van der Waals surface area contributed by atoms with Crippen LogP contribution in [0.3, 0.4) is 0 Å². The van der Waals surface area contributed by atoms with Crippen LogP contribution in [0.5, 0.6) is 5.75 Å². The molecule has 0 aliphatic heterocycles. The highest BCUT2D eigenvalue weighted by molar-refractivity contribution is 7.99. The molecule has 3 aromatic rings. The average molecular weight is 535 g/mol. The Bertz CT molecular complexity index is 1200. The average Bonchev–Trinajstić information content (AvgIpc) is 3.45. The lowest BCUT2D eigenvalue weighted by atomic mass is 10.0. The van der Waals surface area contributed by atoms with Crippen molar-refractivity contribution in [3.05, 3.63) is 101 Å². The van der Waals surface area contributed by atoms with Crippen molar-refractivity contribution >= 4 is 23.6 Å². The predicted octanol–water partition coefficient (Wildman–Crippen LogP) is 5.77. The summed E-state index contributed by atoms with van der Waals surface area (Å²) >= 11 is 1.36. The van der Waals surface area contributed by atoms with Crippen LogP contribution in [0.2, 0.25) is 0 Å². The van der Waals surface area contributed by atoms with Gasteiger partial charge in [-0.2, -0.15) is 0 Å². The number of benzene rings is 3. The number of hydrogen-bond acceptors (Lipinski definition) is 4. The van der Waals surface area contributed by atoms with E-state index < -0.39 is 6.04 Å². The van der Waals surface area contributed by atoms with Gasteiger partial charge in [-0.05, 0) is 47.7 Å². The molecule has 1 saturated carbocycles. The van der Waals surface area contributed by atoms with E-state index in [2.05, 4.69) is 5.32 Å². The van der Waals surface area contributed by atoms with E-state index in [0.717, 1.165) is 36.8 Å². The minimum atomic E-state index is -0.675. The summed E-state index contributed by atoms with van der Waals surface area (Å²) in [4.78, 5) is 29.1. The van der Waals surface area contributed by atoms with E-state index in [1.165, 1.54) is 17.8 Å². The first-order chi connectivity index (χ1) is 18.5. The van der Waals surface area contributed by atoms with Gasteiger partial charge in [0.25, 0.3) is 0 Å². The normalized spacial score (nSPS) is 14.2. The number of hydrogen-bond donors (Lipinski definition) is 1. The molecule has 3 aromatic carbocycles. The maximum absolute atomic E-state index is 14.1. The zero-order chi connectivity index (χ0) is 26.7. The largest absolute Gasteiger partial charge is 0.497 e. The molecular formula is C31H35FN2O3S. The Morgan fingerprint density at radius 3 is 2.45 bits per heavy atom. The fourth-order valence-corrected chi connectivity index (χ4v) is 5.73. The number of halogens is 1. The van der Waals surface area contributed by atoms with Gasteiger partial charge in [-0.15, -0.1) is 11.8 Å². The lowest BCUT2D eigenvalue weighted by Crippen LogP contribution is -2.52. The number of carbonyl (C=O) groups is 2. The highest BCUT2D eigenvalue weighted by Gasteiger charge is 2.32. The molecule has 0 aromatic heterocycles. The molecule has 1 unspecified atom stereocenters. The molecule has 1 aliphatic carbocycles. The van der Waals surface area contributed by atoms with Crippen LogP contribution < -0.4 is 10.1 Å². The summed E-state index contributed by atoms with van der Waals surface area (Å²) in [7, 11) is 1.61. The Labute approximate surface area is 228 Å². The van der Waals surface area contributed by atoms with E-state index in [4.69, 9.17) is 4.74 Å². The van der Waals surface area contributed by atoms with Gasteiger partial charge in [0.1, 0.15) is 17.6 Å². The van der Waals surface area contributed by atoms with E-state index in [1.54, 1.807) is 30.2 Å². The third-order valence-electron chi connectivity index (χ3n) is 6.90. The molecule has 0 saturated heterocycles. The minimum absolute atomic E-state index is 0.129. The van der Waals surface area contributed by atoms with Gasteiger partial charge < -0.3 is 15.0 Å². The lowest BCUT2D eigenvalue weighted by Gasteiger charge is -2.32. The van der Waals surface area contributed by atoms with Crippen LogP contribution >= 0.6 is 11.8 Å². The molecule has 7 heteroatoms. The first-order valence-corrected chi connectivity index (χ1v) is 14.3. The van der Waals surface area contributed by atoms with E-state index in [-0.39, 0.29) is 36.0 Å². The Balaban J connectivity index is 1.58. The SMILES string of the molecule is COc1cccc(CN(C(=O)CSCc2ccccc2F)C(Cc2ccccc2)C(=O)NC2CCCC2)c1. The molecule has 0 bridgehead atoms. The quantitative estimate of drug-likeness (QED) is 0.321. The van der Waals surface area contributed by atoms with Crippen LogP contribution in [0.4, 0.5) is 4.39 Å². The van der Waals surface area contributed by atoms with Crippen LogP contribution in [-0.2, 0) is 28.3 Å². The molecule has 1 fully saturated rings. The van der Waals surface area contributed by atoms with Gasteiger partial charge in [0.05, 0.1) is 12.9 Å². The second kappa shape index (κ2) is 14.0. The van der Waals surface area contributed by atoms with Crippen molar-refractivity contribution < 1.29 is 18.7 Å². The Hall–Kier alpha value is -3.32. The van der Waals surface area contributed by atoms with Crippen LogP contribution in [-0.4, -0.2) is 41.7 Å². The lowest BCUT2D eigenvalue weighted by molar-refractivity contribution is -0.139. The van der Waals surface area contributed by atoms with Crippen LogP contribution in [0.1, 0.15) is 42.4 Å². The first-order valence-electron chi connectivity index (χ1n) is 13.1. The number of carbonyl (C=O) groups excluding carboxylic acids is 2. The number of rotatable bonds is 12. The zero-order valence-electron chi connectivity index (χ0n) is 21.8. The fourth-order valence-electron chi connectivity index (χ4n) is 4.84. The molecule has 38 heavy (non-hydrogen) atoms. The number of ether oxygens (including phenoxy) is 1. The molecule has 1 N–H and O–H groups in total. The summed E-state index contributed by atoms with van der Waals surface area (Å²) in [6.45, 7) is 0.270. The predicted molar refractivity (Wildman–Crippen MR) is 150 cm³/mol. The summed E-state index contributed by atoms with van der Waals surface area (Å²) in [6.07, 6.45) is 4.55. The van der Waals surface area contributed by atoms with Gasteiger partial charge in [0, 0.05) is 24.8 Å². The number of thioether (sulfide) groups is 1. The molecule has 200 valence electrons. The van der Waals surface area contributed by atoms with Crippen molar-refractivity contribution in [2.75, 3.05) is 12.9 Å². The van der Waals surface area contributed by atoms with E-state index in [1.807, 2.05) is 54.6 Å². The summed E-state index contributed by atoms with van der Waals surface area (Å²) in [5.41, 5.74) is 2.43. The molecule has 4 rings (SSSR count). The van der Waals surface area contributed by atoms with Gasteiger partial charge in [-0.1, -0.05) is 73.5 Å². The maximum Gasteiger partial charge on any atom is 0.243 e. The summed E-state index contributed by atoms with van der Waals surface area (Å²) in [6, 6.07) is 23.4. The zero-order valence-corrected chi connectivity index (χ0v) is 22.6. The van der Waals surface area contributed by atoms with Gasteiger partial charge >= 0.3 is 0 Å². The standard InChI is InChI=1S/C31H35FN2O3S/c1-37-27-16-9-12-24(18-27)20-34(30(35)22-38-21-25-13-5-8-17-28(25)32)29(19-23-10-3-2-4-11-23)31(36)33-26-14-6-7-15-26/h2-5,8-13,16-18,26,29H,6-7,14-15,19-22H2,1H3,(H,33,36). The molecule has 2 amide bonds. The highest BCUT2D eigenvalue weighted by atomic mass is 32.2. The smallest absolute Gasteiger partial charge is 0.243 e. The van der Waals surface area contributed by atoms with Gasteiger partial charge in [-0.25, -0.2) is 4.39 Å². The Morgan fingerprint density at radius 1 is 1.00 bits per heavy atom. The summed E-state index contributed by atoms with van der Waals surface area (Å²) in [5, 5.41) is 3.22. The highest BCUT2D eigenvalue weighted by Crippen LogP contribution is 2.23. The van der Waals surface area contributed by atoms with Gasteiger partial charge in [0.2, 0.25) is 11.8 Å². The number of nitrogens with zero attached hydrogens (tertiary/aromatic N) is 1. The van der Waals surface area contributed by atoms with E-state index >= 15 is 0 Å². The molecule has 1 atom stereocenters. The third kappa shape index (κ3) is 7.84. The molecule has 1 aliphatic rings. The van der Waals surface area contributed by atoms with Crippen molar-refractivity contribution in [3.8, 4) is 5.75 Å². The molecule has 0 spiro atoms. The summed E-state index contributed by atoms with van der Waals surface area (Å²) < 4.78 is 19.5. The second-order valence-electron chi connectivity index (χ2n) is 9.65. The number of nitrogens with one attached hydrogen (secondary N) is 1. The topological polar surface area (TPSA) is 58.6 Å². The van der Waals surface area contributed by atoms with Gasteiger partial charge in [0.15, 0.2) is 0 Å².